The third-order valence-electron chi connectivity index (χ3n) is 1.68. The number of hydrogen-bond acceptors (Lipinski definition) is 2. The van der Waals surface area contributed by atoms with Crippen molar-refractivity contribution in [2.24, 2.45) is 0 Å². The highest BCUT2D eigenvalue weighted by molar-refractivity contribution is 9.10. The molecule has 1 rings (SSSR count). The summed E-state index contributed by atoms with van der Waals surface area (Å²) < 4.78 is 1.02. The highest BCUT2D eigenvalue weighted by Crippen LogP contribution is 2.11. The van der Waals surface area contributed by atoms with Crippen LogP contribution in [-0.4, -0.2) is 11.1 Å². The van der Waals surface area contributed by atoms with E-state index in [9.17, 15) is 4.79 Å². The molecule has 1 aromatic rings. The fourth-order valence-corrected chi connectivity index (χ4v) is 1.23. The summed E-state index contributed by atoms with van der Waals surface area (Å²) in [6, 6.07) is 7.72. The second kappa shape index (κ2) is 4.99. The Morgan fingerprint density at radius 2 is 2.00 bits per heavy atom. The summed E-state index contributed by atoms with van der Waals surface area (Å²) in [5.41, 5.74) is 2.67. The van der Waals surface area contributed by atoms with Crippen LogP contribution in [0.1, 0.15) is 12.0 Å². The number of halogens is 1. The molecule has 13 heavy (non-hydrogen) atoms. The number of benzene rings is 1. The van der Waals surface area contributed by atoms with Crippen molar-refractivity contribution in [3.05, 3.63) is 34.3 Å². The average Bonchev–Trinajstić information content (AvgIpc) is 2.16. The van der Waals surface area contributed by atoms with Gasteiger partial charge in [-0.25, -0.2) is 5.48 Å². The van der Waals surface area contributed by atoms with Crippen LogP contribution in [0.4, 0.5) is 0 Å². The van der Waals surface area contributed by atoms with E-state index in [1.54, 1.807) is 5.48 Å². The van der Waals surface area contributed by atoms with Crippen molar-refractivity contribution in [3.8, 4) is 0 Å². The zero-order chi connectivity index (χ0) is 9.68. The summed E-state index contributed by atoms with van der Waals surface area (Å²) in [7, 11) is 0. The Hall–Kier alpha value is -0.870. The zero-order valence-electron chi connectivity index (χ0n) is 6.96. The van der Waals surface area contributed by atoms with E-state index >= 15 is 0 Å². The summed E-state index contributed by atoms with van der Waals surface area (Å²) in [4.78, 5) is 10.7. The fourth-order valence-electron chi connectivity index (χ4n) is 0.965. The van der Waals surface area contributed by atoms with Crippen molar-refractivity contribution in [2.75, 3.05) is 0 Å². The molecule has 0 aromatic heterocycles. The number of rotatable bonds is 3. The highest BCUT2D eigenvalue weighted by Gasteiger charge is 1.99. The number of hydroxylamine groups is 1. The SMILES string of the molecule is O=C(CCc1ccc(Br)cc1)NO. The monoisotopic (exact) mass is 243 g/mol. The molecular weight excluding hydrogens is 234 g/mol. The lowest BCUT2D eigenvalue weighted by atomic mass is 10.1. The van der Waals surface area contributed by atoms with Crippen molar-refractivity contribution in [3.63, 3.8) is 0 Å². The van der Waals surface area contributed by atoms with Crippen molar-refractivity contribution in [1.82, 2.24) is 5.48 Å². The number of aryl methyl sites for hydroxylation is 1. The van der Waals surface area contributed by atoms with Crippen LogP contribution >= 0.6 is 15.9 Å². The number of amides is 1. The van der Waals surface area contributed by atoms with Gasteiger partial charge < -0.3 is 0 Å². The van der Waals surface area contributed by atoms with Crippen molar-refractivity contribution in [2.45, 2.75) is 12.8 Å². The van der Waals surface area contributed by atoms with Crippen LogP contribution < -0.4 is 5.48 Å². The average molecular weight is 244 g/mol. The van der Waals surface area contributed by atoms with E-state index in [0.29, 0.717) is 12.8 Å². The van der Waals surface area contributed by atoms with E-state index in [1.807, 2.05) is 24.3 Å². The van der Waals surface area contributed by atoms with Gasteiger partial charge in [0.25, 0.3) is 0 Å². The number of carbonyl (C=O) groups is 1. The molecule has 0 aliphatic carbocycles. The molecule has 1 amide bonds. The molecule has 0 atom stereocenters. The van der Waals surface area contributed by atoms with Gasteiger partial charge in [0.15, 0.2) is 0 Å². The summed E-state index contributed by atoms with van der Waals surface area (Å²) in [5, 5.41) is 8.25. The molecule has 1 aromatic carbocycles. The van der Waals surface area contributed by atoms with E-state index in [1.165, 1.54) is 0 Å². The van der Waals surface area contributed by atoms with Crippen LogP contribution in [-0.2, 0) is 11.2 Å². The van der Waals surface area contributed by atoms with Gasteiger partial charge in [-0.15, -0.1) is 0 Å². The lowest BCUT2D eigenvalue weighted by molar-refractivity contribution is -0.129. The van der Waals surface area contributed by atoms with Gasteiger partial charge in [0.2, 0.25) is 5.91 Å². The maximum atomic E-state index is 10.7. The molecule has 70 valence electrons. The van der Waals surface area contributed by atoms with E-state index in [-0.39, 0.29) is 5.91 Å². The molecule has 0 bridgehead atoms. The largest absolute Gasteiger partial charge is 0.289 e. The van der Waals surface area contributed by atoms with Crippen LogP contribution in [0, 0.1) is 0 Å². The van der Waals surface area contributed by atoms with Gasteiger partial charge in [-0.2, -0.15) is 0 Å². The molecule has 0 radical (unpaired) electrons. The van der Waals surface area contributed by atoms with Gasteiger partial charge in [-0.3, -0.25) is 10.0 Å². The van der Waals surface area contributed by atoms with E-state index in [4.69, 9.17) is 5.21 Å². The Morgan fingerprint density at radius 3 is 2.54 bits per heavy atom. The molecule has 0 aliphatic rings. The van der Waals surface area contributed by atoms with Crippen LogP contribution in [0.2, 0.25) is 0 Å². The number of carbonyl (C=O) groups excluding carboxylic acids is 1. The lowest BCUT2D eigenvalue weighted by Gasteiger charge is -1.99. The normalized spacial score (nSPS) is 9.69. The summed E-state index contributed by atoms with van der Waals surface area (Å²) in [6.45, 7) is 0. The summed E-state index contributed by atoms with van der Waals surface area (Å²) in [6.07, 6.45) is 0.942. The minimum Gasteiger partial charge on any atom is -0.289 e. The molecule has 0 saturated heterocycles. The lowest BCUT2D eigenvalue weighted by Crippen LogP contribution is -2.18. The molecule has 0 fully saturated rings. The van der Waals surface area contributed by atoms with Gasteiger partial charge >= 0.3 is 0 Å². The first-order valence-corrected chi connectivity index (χ1v) is 4.69. The van der Waals surface area contributed by atoms with E-state index < -0.39 is 0 Å². The Kier molecular flexibility index (Phi) is 3.92. The van der Waals surface area contributed by atoms with Crippen LogP contribution in [0.3, 0.4) is 0 Å². The predicted octanol–water partition coefficient (Wildman–Crippen LogP) is 1.89. The van der Waals surface area contributed by atoms with Gasteiger partial charge in [0.1, 0.15) is 0 Å². The topological polar surface area (TPSA) is 49.3 Å². The molecule has 0 unspecified atom stereocenters. The van der Waals surface area contributed by atoms with Gasteiger partial charge in [-0.05, 0) is 24.1 Å². The highest BCUT2D eigenvalue weighted by atomic mass is 79.9. The second-order valence-electron chi connectivity index (χ2n) is 2.66. The molecule has 0 aliphatic heterocycles. The molecule has 0 spiro atoms. The Morgan fingerprint density at radius 1 is 1.38 bits per heavy atom. The molecule has 3 nitrogen and oxygen atoms in total. The minimum atomic E-state index is -0.358. The van der Waals surface area contributed by atoms with Crippen molar-refractivity contribution >= 4 is 21.8 Å². The van der Waals surface area contributed by atoms with Gasteiger partial charge in [0.05, 0.1) is 0 Å². The first kappa shape index (κ1) is 10.2. The second-order valence-corrected chi connectivity index (χ2v) is 3.58. The smallest absolute Gasteiger partial charge is 0.243 e. The zero-order valence-corrected chi connectivity index (χ0v) is 8.54. The van der Waals surface area contributed by atoms with E-state index in [2.05, 4.69) is 15.9 Å². The molecular formula is C9H10BrNO2. The van der Waals surface area contributed by atoms with Gasteiger partial charge in [0, 0.05) is 10.9 Å². The van der Waals surface area contributed by atoms with Crippen molar-refractivity contribution in [1.29, 1.82) is 0 Å². The first-order valence-electron chi connectivity index (χ1n) is 3.90. The standard InChI is InChI=1S/C9H10BrNO2/c10-8-4-1-7(2-5-8)3-6-9(12)11-13/h1-2,4-5,13H,3,6H2,(H,11,12). The predicted molar refractivity (Wildman–Crippen MR) is 52.4 cm³/mol. The maximum absolute atomic E-state index is 10.7. The minimum absolute atomic E-state index is 0.304. The molecule has 4 heteroatoms. The molecule has 0 heterocycles. The summed E-state index contributed by atoms with van der Waals surface area (Å²) >= 11 is 3.32. The first-order chi connectivity index (χ1) is 6.22. The molecule has 0 saturated carbocycles. The summed E-state index contributed by atoms with van der Waals surface area (Å²) in [5.74, 6) is -0.358. The quantitative estimate of drug-likeness (QED) is 0.630. The number of hydrogen-bond donors (Lipinski definition) is 2. The fraction of sp³-hybridized carbons (Fsp3) is 0.222. The molecule has 2 N–H and O–H groups in total. The van der Waals surface area contributed by atoms with Crippen LogP contribution in [0.5, 0.6) is 0 Å². The third-order valence-corrected chi connectivity index (χ3v) is 2.21. The van der Waals surface area contributed by atoms with E-state index in [0.717, 1.165) is 10.0 Å². The van der Waals surface area contributed by atoms with Gasteiger partial charge in [-0.1, -0.05) is 28.1 Å². The Bertz CT molecular complexity index is 284. The Labute approximate surface area is 84.9 Å². The third kappa shape index (κ3) is 3.57. The number of nitrogens with one attached hydrogen (secondary N) is 1. The Balaban J connectivity index is 2.46. The van der Waals surface area contributed by atoms with Crippen LogP contribution in [0.15, 0.2) is 28.7 Å². The maximum Gasteiger partial charge on any atom is 0.243 e. The van der Waals surface area contributed by atoms with Crippen LogP contribution in [0.25, 0.3) is 0 Å². The van der Waals surface area contributed by atoms with Crippen molar-refractivity contribution < 1.29 is 10.0 Å².